The van der Waals surface area contributed by atoms with E-state index in [1.54, 1.807) is 12.1 Å². The van der Waals surface area contributed by atoms with E-state index in [2.05, 4.69) is 37.9 Å². The van der Waals surface area contributed by atoms with Gasteiger partial charge in [-0.1, -0.05) is 0 Å². The average molecular weight is 337 g/mol. The van der Waals surface area contributed by atoms with Crippen LogP contribution in [0.2, 0.25) is 0 Å². The van der Waals surface area contributed by atoms with Gasteiger partial charge in [0.25, 0.3) is 0 Å². The fourth-order valence-corrected chi connectivity index (χ4v) is 3.22. The van der Waals surface area contributed by atoms with E-state index in [9.17, 15) is 4.39 Å². The highest BCUT2D eigenvalue weighted by molar-refractivity contribution is 5.65. The van der Waals surface area contributed by atoms with Gasteiger partial charge in [0, 0.05) is 12.3 Å². The second kappa shape index (κ2) is 7.03. The Balaban J connectivity index is 1.50. The molecule has 5 nitrogen and oxygen atoms in total. The fraction of sp³-hybridized carbons (Fsp3) is 0.263. The molecule has 0 radical (unpaired) electrons. The molecule has 4 rings (SSSR count). The van der Waals surface area contributed by atoms with Crippen molar-refractivity contribution in [3.63, 3.8) is 0 Å². The summed E-state index contributed by atoms with van der Waals surface area (Å²) >= 11 is 0. The third-order valence-corrected chi connectivity index (χ3v) is 4.58. The minimum atomic E-state index is -0.249. The molecule has 0 aliphatic carbocycles. The molecule has 0 spiro atoms. The van der Waals surface area contributed by atoms with E-state index in [1.165, 1.54) is 17.7 Å². The van der Waals surface area contributed by atoms with Crippen LogP contribution in [-0.2, 0) is 0 Å². The number of aromatic nitrogens is 3. The van der Waals surface area contributed by atoms with Crippen LogP contribution in [0.4, 0.5) is 16.0 Å². The number of hydrogen-bond donors (Lipinski definition) is 3. The van der Waals surface area contributed by atoms with Crippen LogP contribution in [-0.4, -0.2) is 28.3 Å². The minimum Gasteiger partial charge on any atom is -0.323 e. The molecule has 6 heteroatoms. The van der Waals surface area contributed by atoms with Gasteiger partial charge in [-0.3, -0.25) is 5.10 Å². The van der Waals surface area contributed by atoms with Gasteiger partial charge in [0.05, 0.1) is 5.69 Å². The first-order chi connectivity index (χ1) is 12.3. The first-order valence-electron chi connectivity index (χ1n) is 8.53. The van der Waals surface area contributed by atoms with Gasteiger partial charge in [0.2, 0.25) is 0 Å². The van der Waals surface area contributed by atoms with Crippen molar-refractivity contribution in [1.29, 1.82) is 0 Å². The van der Waals surface area contributed by atoms with Crippen molar-refractivity contribution >= 4 is 11.6 Å². The number of nitrogens with zero attached hydrogens (tertiary/aromatic N) is 2. The molecule has 0 unspecified atom stereocenters. The van der Waals surface area contributed by atoms with Crippen LogP contribution < -0.4 is 10.6 Å². The largest absolute Gasteiger partial charge is 0.323 e. The van der Waals surface area contributed by atoms with E-state index in [0.717, 1.165) is 43.0 Å². The number of rotatable bonds is 4. The van der Waals surface area contributed by atoms with Crippen molar-refractivity contribution in [3.8, 4) is 11.3 Å². The van der Waals surface area contributed by atoms with E-state index in [-0.39, 0.29) is 5.82 Å². The summed E-state index contributed by atoms with van der Waals surface area (Å²) in [5, 5.41) is 13.9. The maximum atomic E-state index is 13.0. The summed E-state index contributed by atoms with van der Waals surface area (Å²) in [5.74, 6) is 1.81. The summed E-state index contributed by atoms with van der Waals surface area (Å²) in [6.07, 6.45) is 4.15. The summed E-state index contributed by atoms with van der Waals surface area (Å²) in [4.78, 5) is 4.39. The lowest BCUT2D eigenvalue weighted by Gasteiger charge is -2.23. The predicted octanol–water partition coefficient (Wildman–Crippen LogP) is 3.82. The normalized spacial score (nSPS) is 15.2. The van der Waals surface area contributed by atoms with Gasteiger partial charge in [0.15, 0.2) is 5.82 Å². The van der Waals surface area contributed by atoms with Crippen molar-refractivity contribution in [2.45, 2.75) is 18.8 Å². The molecule has 0 saturated carbocycles. The summed E-state index contributed by atoms with van der Waals surface area (Å²) in [5.41, 5.74) is 3.03. The molecular weight excluding hydrogens is 317 g/mol. The Morgan fingerprint density at radius 2 is 1.80 bits per heavy atom. The number of hydrogen-bond acceptors (Lipinski definition) is 4. The smallest absolute Gasteiger partial charge is 0.153 e. The molecule has 25 heavy (non-hydrogen) atoms. The molecule has 2 aromatic heterocycles. The van der Waals surface area contributed by atoms with Gasteiger partial charge in [-0.25, -0.2) is 9.37 Å². The topological polar surface area (TPSA) is 65.6 Å². The number of benzene rings is 1. The second-order valence-electron chi connectivity index (χ2n) is 6.30. The Morgan fingerprint density at radius 3 is 2.60 bits per heavy atom. The maximum Gasteiger partial charge on any atom is 0.153 e. The average Bonchev–Trinajstić information content (AvgIpc) is 3.12. The van der Waals surface area contributed by atoms with E-state index < -0.39 is 0 Å². The van der Waals surface area contributed by atoms with Gasteiger partial charge in [-0.15, -0.1) is 0 Å². The summed E-state index contributed by atoms with van der Waals surface area (Å²) in [6.45, 7) is 2.13. The molecule has 3 aromatic rings. The molecule has 3 heterocycles. The molecule has 0 amide bonds. The summed E-state index contributed by atoms with van der Waals surface area (Å²) in [7, 11) is 0. The van der Waals surface area contributed by atoms with Gasteiger partial charge < -0.3 is 10.6 Å². The van der Waals surface area contributed by atoms with E-state index in [0.29, 0.717) is 11.7 Å². The van der Waals surface area contributed by atoms with Crippen molar-refractivity contribution < 1.29 is 4.39 Å². The molecule has 3 N–H and O–H groups in total. The van der Waals surface area contributed by atoms with Gasteiger partial charge in [-0.2, -0.15) is 5.10 Å². The number of H-pyrrole nitrogens is 1. The first-order valence-corrected chi connectivity index (χ1v) is 8.53. The Labute approximate surface area is 145 Å². The highest BCUT2D eigenvalue weighted by Gasteiger charge is 2.15. The molecule has 1 fully saturated rings. The van der Waals surface area contributed by atoms with Crippen molar-refractivity contribution in [2.24, 2.45) is 0 Å². The highest BCUT2D eigenvalue weighted by atomic mass is 19.1. The number of halogens is 1. The zero-order chi connectivity index (χ0) is 17.1. The Bertz CT molecular complexity index is 837. The zero-order valence-corrected chi connectivity index (χ0v) is 13.8. The molecule has 1 aromatic carbocycles. The molecular formula is C19H20FN5. The third-order valence-electron chi connectivity index (χ3n) is 4.58. The number of aromatic amines is 1. The molecule has 1 aliphatic heterocycles. The number of nitrogens with one attached hydrogen (secondary N) is 3. The van der Waals surface area contributed by atoms with Crippen LogP contribution >= 0.6 is 0 Å². The molecule has 0 bridgehead atoms. The third kappa shape index (κ3) is 3.69. The molecule has 0 atom stereocenters. The SMILES string of the molecule is Fc1ccc(-c2cc(Nc3cc(C4CCNCC4)ccn3)n[nH]2)cc1. The first kappa shape index (κ1) is 15.8. The van der Waals surface area contributed by atoms with Crippen LogP contribution in [0, 0.1) is 5.82 Å². The fourth-order valence-electron chi connectivity index (χ4n) is 3.22. The Morgan fingerprint density at radius 1 is 1.00 bits per heavy atom. The lowest BCUT2D eigenvalue weighted by Crippen LogP contribution is -2.26. The quantitative estimate of drug-likeness (QED) is 0.677. The zero-order valence-electron chi connectivity index (χ0n) is 13.8. The monoisotopic (exact) mass is 337 g/mol. The second-order valence-corrected chi connectivity index (χ2v) is 6.30. The maximum absolute atomic E-state index is 13.0. The van der Waals surface area contributed by atoms with E-state index in [4.69, 9.17) is 0 Å². The van der Waals surface area contributed by atoms with Crippen LogP contribution in [0.3, 0.4) is 0 Å². The van der Waals surface area contributed by atoms with Crippen molar-refractivity contribution in [1.82, 2.24) is 20.5 Å². The van der Waals surface area contributed by atoms with E-state index >= 15 is 0 Å². The molecule has 1 aliphatic rings. The standard InChI is InChI=1S/C19H20FN5/c20-16-3-1-14(2-4-16)17-12-19(25-24-17)23-18-11-15(7-10-22-18)13-5-8-21-9-6-13/h1-4,7,10-13,21H,5-6,8-9H2,(H2,22,23,24,25). The molecule has 1 saturated heterocycles. The number of anilines is 2. The van der Waals surface area contributed by atoms with Crippen molar-refractivity contribution in [2.75, 3.05) is 18.4 Å². The van der Waals surface area contributed by atoms with Gasteiger partial charge in [0.1, 0.15) is 11.6 Å². The van der Waals surface area contributed by atoms with E-state index in [1.807, 2.05) is 12.3 Å². The van der Waals surface area contributed by atoms with Crippen molar-refractivity contribution in [3.05, 3.63) is 60.0 Å². The van der Waals surface area contributed by atoms with Crippen LogP contribution in [0.15, 0.2) is 48.7 Å². The summed E-state index contributed by atoms with van der Waals surface area (Å²) in [6, 6.07) is 12.4. The van der Waals surface area contributed by atoms with Gasteiger partial charge >= 0.3 is 0 Å². The van der Waals surface area contributed by atoms with Crippen LogP contribution in [0.5, 0.6) is 0 Å². The van der Waals surface area contributed by atoms with Gasteiger partial charge in [-0.05, 0) is 79.4 Å². The lowest BCUT2D eigenvalue weighted by molar-refractivity contribution is 0.460. The van der Waals surface area contributed by atoms with Crippen LogP contribution in [0.25, 0.3) is 11.3 Å². The summed E-state index contributed by atoms with van der Waals surface area (Å²) < 4.78 is 13.0. The number of pyridine rings is 1. The number of piperidine rings is 1. The highest BCUT2D eigenvalue weighted by Crippen LogP contribution is 2.27. The van der Waals surface area contributed by atoms with Crippen LogP contribution in [0.1, 0.15) is 24.3 Å². The molecule has 128 valence electrons. The Hall–Kier alpha value is -2.73. The predicted molar refractivity (Wildman–Crippen MR) is 96.3 cm³/mol. The Kier molecular flexibility index (Phi) is 4.43. The minimum absolute atomic E-state index is 0.249. The lowest BCUT2D eigenvalue weighted by atomic mass is 9.91.